The van der Waals surface area contributed by atoms with Crippen LogP contribution in [0.4, 0.5) is 32.0 Å². The number of benzene rings is 2. The number of aromatic nitrogens is 4. The van der Waals surface area contributed by atoms with Crippen molar-refractivity contribution in [2.24, 2.45) is 0 Å². The number of alkyl halides is 6. The van der Waals surface area contributed by atoms with Gasteiger partial charge >= 0.3 is 42.2 Å². The summed E-state index contributed by atoms with van der Waals surface area (Å²) in [5.74, 6) is -10.9. The highest BCUT2D eigenvalue weighted by Crippen LogP contribution is 2.46. The van der Waals surface area contributed by atoms with Gasteiger partial charge in [0.1, 0.15) is 0 Å². The van der Waals surface area contributed by atoms with Crippen LogP contribution in [0.2, 0.25) is 0 Å². The minimum Gasteiger partial charge on any atom is -0.480 e. The molecule has 4 aliphatic rings. The van der Waals surface area contributed by atoms with Gasteiger partial charge < -0.3 is 45.6 Å². The predicted octanol–water partition coefficient (Wildman–Crippen LogP) is 10.2. The van der Waals surface area contributed by atoms with Crippen LogP contribution < -0.4 is 5.32 Å². The number of nitrogens with one attached hydrogen (secondary N) is 3. The summed E-state index contributed by atoms with van der Waals surface area (Å²) in [6.07, 6.45) is -9.12. The van der Waals surface area contributed by atoms with Crippen LogP contribution in [0.25, 0.3) is 33.3 Å². The topological polar surface area (TPSA) is 329 Å². The van der Waals surface area contributed by atoms with Crippen LogP contribution in [0.15, 0.2) is 60.7 Å². The van der Waals surface area contributed by atoms with E-state index in [0.717, 1.165) is 44.9 Å². The normalized spacial score (nSPS) is 16.0. The number of carboxylic acids is 5. The summed E-state index contributed by atoms with van der Waals surface area (Å²) < 4.78 is 92.4. The quantitative estimate of drug-likeness (QED) is 0.0137. The molecule has 23 nitrogen and oxygen atoms in total. The molecule has 2 aromatic carbocycles. The summed E-state index contributed by atoms with van der Waals surface area (Å²) in [6.45, 7) is 8.19. The number of unbranched alkanes of at least 4 members (excludes halogenated alkanes) is 1. The molecule has 0 saturated heterocycles. The van der Waals surface area contributed by atoms with Crippen LogP contribution in [-0.4, -0.2) is 184 Å². The molecule has 8 rings (SSSR count). The molecule has 0 aliphatic carbocycles. The summed E-state index contributed by atoms with van der Waals surface area (Å²) in [6, 6.07) is 11.4. The molecule has 4 aromatic rings. The number of imide groups is 1. The van der Waals surface area contributed by atoms with Crippen LogP contribution in [0.5, 0.6) is 0 Å². The molecule has 0 saturated carbocycles. The minimum atomic E-state index is -5.26. The van der Waals surface area contributed by atoms with E-state index in [1.807, 2.05) is 47.6 Å². The van der Waals surface area contributed by atoms with Crippen LogP contribution in [0, 0.1) is 6.92 Å². The van der Waals surface area contributed by atoms with Gasteiger partial charge in [-0.25, -0.2) is 9.97 Å². The highest BCUT2D eigenvalue weighted by atomic mass is 19.4. The van der Waals surface area contributed by atoms with Crippen molar-refractivity contribution in [1.29, 1.82) is 0 Å². The Kier molecular flexibility index (Phi) is 22.8. The van der Waals surface area contributed by atoms with Crippen molar-refractivity contribution in [1.82, 2.24) is 39.5 Å². The number of ether oxygens (including phenoxy) is 1. The predicted molar refractivity (Wildman–Crippen MR) is 339 cm³/mol. The molecular formula is C67H75F6N9O14. The van der Waals surface area contributed by atoms with E-state index >= 15 is 4.79 Å². The summed E-state index contributed by atoms with van der Waals surface area (Å²) in [5.41, 5.74) is 3.23. The van der Waals surface area contributed by atoms with Crippen LogP contribution >= 0.6 is 0 Å². The fourth-order valence-corrected chi connectivity index (χ4v) is 12.7. The maximum Gasteiger partial charge on any atom is 0.416 e. The Balaban J connectivity index is 1.20. The highest BCUT2D eigenvalue weighted by Gasteiger charge is 2.43. The Labute approximate surface area is 547 Å². The van der Waals surface area contributed by atoms with Gasteiger partial charge in [-0.05, 0) is 135 Å². The Morgan fingerprint density at radius 1 is 0.688 bits per heavy atom. The van der Waals surface area contributed by atoms with Crippen molar-refractivity contribution in [3.8, 4) is 0 Å². The van der Waals surface area contributed by atoms with Crippen LogP contribution in [0.3, 0.4) is 0 Å². The van der Waals surface area contributed by atoms with Gasteiger partial charge in [0.2, 0.25) is 5.91 Å². The minimum absolute atomic E-state index is 0.00459. The number of aromatic amines is 2. The molecule has 514 valence electrons. The molecule has 2 unspecified atom stereocenters. The van der Waals surface area contributed by atoms with Crippen molar-refractivity contribution >= 4 is 86.6 Å². The second kappa shape index (κ2) is 30.2. The number of fused-ring (bicyclic) bond motifs is 8. The number of hydrogen-bond acceptors (Lipinski definition) is 14. The lowest BCUT2D eigenvalue weighted by Gasteiger charge is -2.34. The molecule has 0 fully saturated rings. The maximum atomic E-state index is 15.5. The number of carbonyl (C=O) groups is 8. The average molecular weight is 1340 g/mol. The lowest BCUT2D eigenvalue weighted by molar-refractivity contribution is -0.145. The van der Waals surface area contributed by atoms with E-state index in [-0.39, 0.29) is 78.6 Å². The number of rotatable bonds is 30. The van der Waals surface area contributed by atoms with E-state index in [4.69, 9.17) is 14.7 Å². The number of aryl methyl sites for hydroxylation is 1. The van der Waals surface area contributed by atoms with E-state index in [9.17, 15) is 85.4 Å². The van der Waals surface area contributed by atoms with Crippen molar-refractivity contribution in [2.75, 3.05) is 64.3 Å². The Hall–Kier alpha value is -9.32. The molecule has 8 N–H and O–H groups in total. The zero-order valence-electron chi connectivity index (χ0n) is 53.8. The average Bonchev–Trinajstić information content (AvgIpc) is 1.54. The number of hydrogen-bond donors (Lipinski definition) is 8. The first-order valence-corrected chi connectivity index (χ1v) is 31.1. The number of halogens is 6. The molecule has 4 aliphatic heterocycles. The third-order valence-electron chi connectivity index (χ3n) is 17.5. The first-order chi connectivity index (χ1) is 45.1. The molecular weight excluding hydrogens is 1270 g/mol. The van der Waals surface area contributed by atoms with Crippen LogP contribution in [0.1, 0.15) is 168 Å². The molecule has 96 heavy (non-hydrogen) atoms. The number of anilines is 1. The van der Waals surface area contributed by atoms with Gasteiger partial charge in [0, 0.05) is 78.7 Å². The lowest BCUT2D eigenvalue weighted by atomic mass is 9.84. The number of nitrogens with zero attached hydrogens (tertiary/aromatic N) is 6. The van der Waals surface area contributed by atoms with Gasteiger partial charge in [-0.2, -0.15) is 26.3 Å². The van der Waals surface area contributed by atoms with Crippen molar-refractivity contribution in [3.63, 3.8) is 0 Å². The third kappa shape index (κ3) is 17.2. The number of aliphatic carboxylic acids is 5. The monoisotopic (exact) mass is 1340 g/mol. The third-order valence-corrected chi connectivity index (χ3v) is 17.5. The van der Waals surface area contributed by atoms with Crippen LogP contribution in [-0.2, 0) is 58.8 Å². The number of amides is 3. The molecule has 29 heteroatoms. The van der Waals surface area contributed by atoms with Gasteiger partial charge in [-0.15, -0.1) is 0 Å². The fourth-order valence-electron chi connectivity index (χ4n) is 12.7. The standard InChI is InChI=1S/C67H75F6N9O14/c1-8-10-19-96-38(7)59-36(5)49-24-48-35(4)46(15-16-53(83)74-43-13-11-39(12-14-43)22-44(81(32-57(90)91)33-58(92)93)28-79(29-54(84)85)17-18-80(30-55(86)87)31-56(88)89)62(77-48)61-63-60(37(6)50(78-63)25-51-45(9-2)34(3)47(75-51)26-52(59)76-49)64(94)82(65(61)95)27-40-20-41(66(68,69)70)23-42(21-40)67(71,72)73/h11-14,20-21,23-26,35,38,44,46,77-78H,8-10,15-19,22,27-33H2,1-7H3,(H,74,83)(H,84,85)(H,86,87)(H,88,89)(H,90,91)(H,92,93)/t35-,38?,44?,46-/m0/s1. The highest BCUT2D eigenvalue weighted by molar-refractivity contribution is 6.23. The molecule has 4 atom stereocenters. The molecule has 3 amide bonds. The van der Waals surface area contributed by atoms with E-state index in [1.165, 1.54) is 17.0 Å². The smallest absolute Gasteiger partial charge is 0.416 e. The Bertz CT molecular complexity index is 3940. The maximum absolute atomic E-state index is 15.5. The van der Waals surface area contributed by atoms with E-state index < -0.39 is 140 Å². The van der Waals surface area contributed by atoms with Crippen molar-refractivity contribution in [3.05, 3.63) is 134 Å². The summed E-state index contributed by atoms with van der Waals surface area (Å²) in [4.78, 5) is 125. The van der Waals surface area contributed by atoms with Gasteiger partial charge in [0.25, 0.3) is 11.8 Å². The zero-order valence-corrected chi connectivity index (χ0v) is 53.8. The number of carboxylic acid groups (broad SMARTS) is 5. The molecule has 0 radical (unpaired) electrons. The number of carbonyl (C=O) groups excluding carboxylic acids is 3. The van der Waals surface area contributed by atoms with Gasteiger partial charge in [0.15, 0.2) is 0 Å². The molecule has 6 heterocycles. The SMILES string of the molecule is CCCCOC(C)C1=C(C)c2cc3[nH]c(c4c5[nH]c(cc6nc(cc1n2)C(C)=C6CC)c(C)c5C(=O)N(Cc1cc(C(F)(F)F)cc(C(F)(F)F)c1)C4=O)[C@@H](CCC(=O)Nc1ccc(CC(CN(CCN(CC(=O)O)CC(=O)O)CC(=O)O)N(CC(=O)O)CC(=O)O)cc1)[C@@H]3C. The van der Waals surface area contributed by atoms with Gasteiger partial charge in [0.05, 0.1) is 95.9 Å². The number of allylic oxidation sites excluding steroid dienone is 3. The largest absolute Gasteiger partial charge is 0.480 e. The van der Waals surface area contributed by atoms with Crippen molar-refractivity contribution < 1.29 is 95.0 Å². The zero-order chi connectivity index (χ0) is 70.4. The molecule has 8 bridgehead atoms. The summed E-state index contributed by atoms with van der Waals surface area (Å²) in [5, 5.41) is 51.1. The first-order valence-electron chi connectivity index (χ1n) is 31.1. The van der Waals surface area contributed by atoms with E-state index in [2.05, 4.69) is 15.3 Å². The van der Waals surface area contributed by atoms with Gasteiger partial charge in [-0.3, -0.25) is 58.0 Å². The second-order valence-corrected chi connectivity index (χ2v) is 24.3. The van der Waals surface area contributed by atoms with E-state index in [0.29, 0.717) is 69.6 Å². The molecule has 2 aromatic heterocycles. The van der Waals surface area contributed by atoms with Gasteiger partial charge in [-0.1, -0.05) is 39.3 Å². The second-order valence-electron chi connectivity index (χ2n) is 24.3. The summed E-state index contributed by atoms with van der Waals surface area (Å²) >= 11 is 0. The Morgan fingerprint density at radius 2 is 1.25 bits per heavy atom. The summed E-state index contributed by atoms with van der Waals surface area (Å²) in [7, 11) is 0. The first kappa shape index (κ1) is 72.5. The Morgan fingerprint density at radius 3 is 1.82 bits per heavy atom. The number of H-pyrrole nitrogens is 2. The fraction of sp³-hybridized carbons (Fsp3) is 0.433. The van der Waals surface area contributed by atoms with E-state index in [1.54, 1.807) is 31.2 Å². The lowest BCUT2D eigenvalue weighted by Crippen LogP contribution is -2.51. The molecule has 0 spiro atoms. The van der Waals surface area contributed by atoms with Crippen molar-refractivity contribution in [2.45, 2.75) is 130 Å².